The van der Waals surface area contributed by atoms with Gasteiger partial charge in [0.1, 0.15) is 0 Å². The Balaban J connectivity index is 0.00000169. The van der Waals surface area contributed by atoms with Crippen molar-refractivity contribution in [2.24, 2.45) is 0 Å². The number of quaternary nitrogens is 1. The van der Waals surface area contributed by atoms with Gasteiger partial charge in [0.25, 0.3) is 0 Å². The molecule has 1 rings (SSSR count). The summed E-state index contributed by atoms with van der Waals surface area (Å²) >= 11 is 11.8. The van der Waals surface area contributed by atoms with Crippen LogP contribution in [0.25, 0.3) is 0 Å². The zero-order valence-corrected chi connectivity index (χ0v) is 10.3. The lowest BCUT2D eigenvalue weighted by Gasteiger charge is -2.04. The van der Waals surface area contributed by atoms with E-state index in [0.29, 0.717) is 0 Å². The summed E-state index contributed by atoms with van der Waals surface area (Å²) in [7, 11) is 0. The topological polar surface area (TPSA) is 27.6 Å². The van der Waals surface area contributed by atoms with Crippen molar-refractivity contribution in [1.29, 1.82) is 0 Å². The number of benzene rings is 1. The maximum Gasteiger partial charge on any atom is 0.160 e. The van der Waals surface area contributed by atoms with Crippen molar-refractivity contribution in [3.05, 3.63) is 34.3 Å². The minimum atomic E-state index is -0.0302. The first kappa shape index (κ1) is 14.1. The van der Waals surface area contributed by atoms with Crippen molar-refractivity contribution < 1.29 is 18.1 Å². The molecule has 1 aromatic rings. The van der Waals surface area contributed by atoms with Gasteiger partial charge in [0.15, 0.2) is 5.50 Å². The molecule has 0 bridgehead atoms. The molecule has 1 atom stereocenters. The SMILES string of the molecule is Cc1ccc(CCC([NH3+])Cl)c(Cl)c1.[Cl-]. The molecule has 0 radical (unpaired) electrons. The summed E-state index contributed by atoms with van der Waals surface area (Å²) in [5, 5.41) is 0.831. The fraction of sp³-hybridized carbons (Fsp3) is 0.400. The molecule has 0 aliphatic heterocycles. The van der Waals surface area contributed by atoms with Crippen LogP contribution < -0.4 is 18.1 Å². The second-order valence-electron chi connectivity index (χ2n) is 3.23. The lowest BCUT2D eigenvalue weighted by atomic mass is 10.1. The molecule has 0 heterocycles. The van der Waals surface area contributed by atoms with Crippen LogP contribution in [0, 0.1) is 6.92 Å². The van der Waals surface area contributed by atoms with Crippen molar-refractivity contribution in [3.8, 4) is 0 Å². The van der Waals surface area contributed by atoms with Crippen LogP contribution in [0.15, 0.2) is 18.2 Å². The highest BCUT2D eigenvalue weighted by atomic mass is 35.5. The molecule has 0 spiro atoms. The van der Waals surface area contributed by atoms with Crippen LogP contribution >= 0.6 is 23.2 Å². The van der Waals surface area contributed by atoms with Gasteiger partial charge in [-0.05, 0) is 30.5 Å². The highest BCUT2D eigenvalue weighted by molar-refractivity contribution is 6.31. The smallest absolute Gasteiger partial charge is 0.160 e. The summed E-state index contributed by atoms with van der Waals surface area (Å²) in [5.41, 5.74) is 6.03. The van der Waals surface area contributed by atoms with E-state index in [4.69, 9.17) is 23.2 Å². The van der Waals surface area contributed by atoms with E-state index >= 15 is 0 Å². The number of aryl methyl sites for hydroxylation is 2. The summed E-state index contributed by atoms with van der Waals surface area (Å²) in [6.07, 6.45) is 1.76. The molecule has 0 amide bonds. The van der Waals surface area contributed by atoms with Crippen LogP contribution in [0.4, 0.5) is 0 Å². The Morgan fingerprint density at radius 2 is 2.07 bits per heavy atom. The van der Waals surface area contributed by atoms with E-state index in [1.54, 1.807) is 0 Å². The summed E-state index contributed by atoms with van der Waals surface area (Å²) in [4.78, 5) is 0. The molecule has 1 aromatic carbocycles. The molecular weight excluding hydrogens is 240 g/mol. The Bertz CT molecular complexity index is 287. The van der Waals surface area contributed by atoms with Crippen molar-refractivity contribution in [2.75, 3.05) is 0 Å². The second kappa shape index (κ2) is 6.52. The van der Waals surface area contributed by atoms with Crippen molar-refractivity contribution in [2.45, 2.75) is 25.3 Å². The molecular formula is C10H14Cl3N. The molecule has 0 saturated heterocycles. The van der Waals surface area contributed by atoms with Crippen LogP contribution in [-0.4, -0.2) is 5.50 Å². The Kier molecular flexibility index (Phi) is 6.54. The van der Waals surface area contributed by atoms with Gasteiger partial charge >= 0.3 is 0 Å². The molecule has 1 nitrogen and oxygen atoms in total. The minimum absolute atomic E-state index is 0. The van der Waals surface area contributed by atoms with Crippen LogP contribution in [-0.2, 0) is 6.42 Å². The van der Waals surface area contributed by atoms with Gasteiger partial charge in [-0.3, -0.25) is 0 Å². The van der Waals surface area contributed by atoms with Crippen LogP contribution in [0.3, 0.4) is 0 Å². The average Bonchev–Trinajstić information content (AvgIpc) is 2.02. The number of hydrogen-bond acceptors (Lipinski definition) is 0. The minimum Gasteiger partial charge on any atom is -1.00 e. The van der Waals surface area contributed by atoms with E-state index in [-0.39, 0.29) is 17.9 Å². The van der Waals surface area contributed by atoms with E-state index in [0.717, 1.165) is 23.4 Å². The first-order chi connectivity index (χ1) is 6.09. The summed E-state index contributed by atoms with van der Waals surface area (Å²) < 4.78 is 0. The molecule has 80 valence electrons. The predicted molar refractivity (Wildman–Crippen MR) is 57.0 cm³/mol. The van der Waals surface area contributed by atoms with Gasteiger partial charge in [-0.15, -0.1) is 0 Å². The summed E-state index contributed by atoms with van der Waals surface area (Å²) in [6.45, 7) is 2.03. The second-order valence-corrected chi connectivity index (χ2v) is 4.26. The van der Waals surface area contributed by atoms with Gasteiger partial charge < -0.3 is 18.1 Å². The van der Waals surface area contributed by atoms with E-state index in [9.17, 15) is 0 Å². The Morgan fingerprint density at radius 3 is 2.57 bits per heavy atom. The number of alkyl halides is 1. The van der Waals surface area contributed by atoms with Crippen LogP contribution in [0.5, 0.6) is 0 Å². The van der Waals surface area contributed by atoms with E-state index in [1.807, 2.05) is 13.0 Å². The first-order valence-corrected chi connectivity index (χ1v) is 5.13. The third-order valence-corrected chi connectivity index (χ3v) is 2.51. The van der Waals surface area contributed by atoms with E-state index in [1.165, 1.54) is 5.56 Å². The molecule has 0 fully saturated rings. The summed E-state index contributed by atoms with van der Waals surface area (Å²) in [5.74, 6) is 0. The largest absolute Gasteiger partial charge is 1.00 e. The Labute approximate surface area is 101 Å². The Hall–Kier alpha value is 0.0500. The molecule has 0 aliphatic rings. The third-order valence-electron chi connectivity index (χ3n) is 1.94. The van der Waals surface area contributed by atoms with Gasteiger partial charge in [-0.25, -0.2) is 0 Å². The zero-order valence-electron chi connectivity index (χ0n) is 8.06. The first-order valence-electron chi connectivity index (χ1n) is 4.32. The van der Waals surface area contributed by atoms with E-state index in [2.05, 4.69) is 17.9 Å². The zero-order chi connectivity index (χ0) is 9.84. The van der Waals surface area contributed by atoms with Gasteiger partial charge in [-0.1, -0.05) is 35.3 Å². The maximum absolute atomic E-state index is 6.05. The molecule has 0 saturated carbocycles. The van der Waals surface area contributed by atoms with Crippen LogP contribution in [0.2, 0.25) is 5.02 Å². The molecule has 0 aliphatic carbocycles. The number of halogens is 3. The monoisotopic (exact) mass is 253 g/mol. The predicted octanol–water partition coefficient (Wildman–Crippen LogP) is -0.608. The van der Waals surface area contributed by atoms with Crippen LogP contribution in [0.1, 0.15) is 17.5 Å². The number of rotatable bonds is 3. The quantitative estimate of drug-likeness (QED) is 0.551. The molecule has 3 N–H and O–H groups in total. The Morgan fingerprint density at radius 1 is 1.43 bits per heavy atom. The normalized spacial score (nSPS) is 12.0. The van der Waals surface area contributed by atoms with E-state index < -0.39 is 0 Å². The van der Waals surface area contributed by atoms with Gasteiger partial charge in [0, 0.05) is 11.4 Å². The fourth-order valence-corrected chi connectivity index (χ4v) is 1.61. The van der Waals surface area contributed by atoms with Crippen molar-refractivity contribution in [1.82, 2.24) is 0 Å². The highest BCUT2D eigenvalue weighted by Gasteiger charge is 2.04. The number of hydrogen-bond donors (Lipinski definition) is 1. The highest BCUT2D eigenvalue weighted by Crippen LogP contribution is 2.19. The lowest BCUT2D eigenvalue weighted by Crippen LogP contribution is -3.00. The van der Waals surface area contributed by atoms with Gasteiger partial charge in [0.05, 0.1) is 0 Å². The lowest BCUT2D eigenvalue weighted by molar-refractivity contribution is -0.390. The molecule has 14 heavy (non-hydrogen) atoms. The summed E-state index contributed by atoms with van der Waals surface area (Å²) in [6, 6.07) is 6.09. The molecule has 0 aromatic heterocycles. The van der Waals surface area contributed by atoms with Gasteiger partial charge in [0.2, 0.25) is 0 Å². The molecule has 1 unspecified atom stereocenters. The van der Waals surface area contributed by atoms with Gasteiger partial charge in [-0.2, -0.15) is 0 Å². The standard InChI is InChI=1S/C10H13Cl2N.ClH/c1-7-2-3-8(9(11)6-7)4-5-10(12)13;/h2-3,6,10H,4-5,13H2,1H3;1H. The average molecular weight is 255 g/mol. The maximum atomic E-state index is 6.05. The fourth-order valence-electron chi connectivity index (χ4n) is 1.17. The molecule has 4 heteroatoms. The van der Waals surface area contributed by atoms with Crippen molar-refractivity contribution >= 4 is 23.2 Å². The third kappa shape index (κ3) is 4.52. The van der Waals surface area contributed by atoms with Crippen molar-refractivity contribution in [3.63, 3.8) is 0 Å².